The number of aromatic nitrogens is 4. The lowest BCUT2D eigenvalue weighted by molar-refractivity contribution is 0.0929. The number of aryl methyl sites for hydroxylation is 1. The molecule has 9 nitrogen and oxygen atoms in total. The van der Waals surface area contributed by atoms with Gasteiger partial charge in [-0.15, -0.1) is 0 Å². The van der Waals surface area contributed by atoms with Gasteiger partial charge in [-0.05, 0) is 26.0 Å². The van der Waals surface area contributed by atoms with Gasteiger partial charge in [0.05, 0.1) is 12.8 Å². The third-order valence-corrected chi connectivity index (χ3v) is 4.82. The van der Waals surface area contributed by atoms with Gasteiger partial charge in [0.2, 0.25) is 0 Å². The summed E-state index contributed by atoms with van der Waals surface area (Å²) in [6, 6.07) is 9.05. The lowest BCUT2D eigenvalue weighted by Gasteiger charge is -2.09. The van der Waals surface area contributed by atoms with Crippen LogP contribution in [0.2, 0.25) is 0 Å². The summed E-state index contributed by atoms with van der Waals surface area (Å²) in [7, 11) is 1.57. The van der Waals surface area contributed by atoms with Gasteiger partial charge in [-0.1, -0.05) is 12.1 Å². The summed E-state index contributed by atoms with van der Waals surface area (Å²) < 4.78 is 12.8. The van der Waals surface area contributed by atoms with Gasteiger partial charge in [0.1, 0.15) is 24.3 Å². The second kappa shape index (κ2) is 8.24. The molecule has 0 aliphatic rings. The molecule has 0 aliphatic carbocycles. The van der Waals surface area contributed by atoms with Crippen LogP contribution in [0.5, 0.6) is 5.75 Å². The van der Waals surface area contributed by atoms with Crippen LogP contribution in [0.25, 0.3) is 16.8 Å². The summed E-state index contributed by atoms with van der Waals surface area (Å²) in [6.45, 7) is 4.83. The third kappa shape index (κ3) is 3.82. The van der Waals surface area contributed by atoms with Crippen LogP contribution >= 0.6 is 0 Å². The Bertz CT molecular complexity index is 1200. The fraction of sp³-hybridized carbons (Fsp3) is 0.238. The van der Waals surface area contributed by atoms with Crippen molar-refractivity contribution in [1.29, 1.82) is 0 Å². The second-order valence-corrected chi connectivity index (χ2v) is 6.72. The molecule has 4 rings (SSSR count). The predicted octanol–water partition coefficient (Wildman–Crippen LogP) is 2.88. The van der Waals surface area contributed by atoms with Crippen LogP contribution in [0.1, 0.15) is 21.9 Å². The SMILES string of the molecule is COc1cccc2cc(C(=O)NCCNc3cc(-n4cnc(C)c4C)ncn3)oc12. The Morgan fingerprint density at radius 2 is 2.03 bits per heavy atom. The highest BCUT2D eigenvalue weighted by molar-refractivity contribution is 5.97. The van der Waals surface area contributed by atoms with Crippen LogP contribution in [-0.2, 0) is 0 Å². The first kappa shape index (κ1) is 19.4. The fourth-order valence-corrected chi connectivity index (χ4v) is 3.07. The van der Waals surface area contributed by atoms with Crippen molar-refractivity contribution in [2.45, 2.75) is 13.8 Å². The molecular formula is C21H22N6O3. The number of benzene rings is 1. The van der Waals surface area contributed by atoms with Crippen molar-refractivity contribution >= 4 is 22.7 Å². The number of furan rings is 1. The zero-order chi connectivity index (χ0) is 21.1. The standard InChI is InChI=1S/C21H22N6O3/c1-13-14(2)27(12-26-13)19-10-18(24-11-25-19)22-7-8-23-21(28)17-9-15-5-4-6-16(29-3)20(15)30-17/h4-6,9-12H,7-8H2,1-3H3,(H,23,28)(H,22,24,25). The summed E-state index contributed by atoms with van der Waals surface area (Å²) in [5.74, 6) is 1.93. The van der Waals surface area contributed by atoms with Gasteiger partial charge in [-0.2, -0.15) is 0 Å². The molecule has 3 heterocycles. The maximum absolute atomic E-state index is 12.4. The van der Waals surface area contributed by atoms with Gasteiger partial charge in [0.15, 0.2) is 17.1 Å². The quantitative estimate of drug-likeness (QED) is 0.455. The molecule has 0 atom stereocenters. The Kier molecular flexibility index (Phi) is 5.34. The van der Waals surface area contributed by atoms with Gasteiger partial charge in [-0.25, -0.2) is 15.0 Å². The number of carbonyl (C=O) groups excluding carboxylic acids is 1. The molecule has 0 fully saturated rings. The molecule has 0 bridgehead atoms. The number of methoxy groups -OCH3 is 1. The molecule has 0 unspecified atom stereocenters. The summed E-state index contributed by atoms with van der Waals surface area (Å²) in [5, 5.41) is 6.83. The minimum atomic E-state index is -0.289. The van der Waals surface area contributed by atoms with E-state index in [1.807, 2.05) is 36.6 Å². The van der Waals surface area contributed by atoms with Crippen LogP contribution in [0, 0.1) is 13.8 Å². The van der Waals surface area contributed by atoms with Gasteiger partial charge < -0.3 is 19.8 Å². The number of fused-ring (bicyclic) bond motifs is 1. The number of nitrogens with zero attached hydrogens (tertiary/aromatic N) is 4. The van der Waals surface area contributed by atoms with Crippen LogP contribution in [-0.4, -0.2) is 45.6 Å². The van der Waals surface area contributed by atoms with E-state index in [-0.39, 0.29) is 11.7 Å². The first-order valence-electron chi connectivity index (χ1n) is 9.48. The summed E-state index contributed by atoms with van der Waals surface area (Å²) in [5.41, 5.74) is 2.53. The van der Waals surface area contributed by atoms with Gasteiger partial charge >= 0.3 is 0 Å². The van der Waals surface area contributed by atoms with E-state index in [0.29, 0.717) is 30.2 Å². The van der Waals surface area contributed by atoms with Crippen molar-refractivity contribution in [3.05, 3.63) is 60.1 Å². The van der Waals surface area contributed by atoms with Crippen LogP contribution in [0.15, 0.2) is 47.4 Å². The Hall–Kier alpha value is -3.88. The molecule has 3 aromatic heterocycles. The zero-order valence-electron chi connectivity index (χ0n) is 17.0. The molecule has 0 spiro atoms. The van der Waals surface area contributed by atoms with Gasteiger partial charge in [0, 0.05) is 30.2 Å². The fourth-order valence-electron chi connectivity index (χ4n) is 3.07. The number of anilines is 1. The first-order chi connectivity index (χ1) is 14.6. The zero-order valence-corrected chi connectivity index (χ0v) is 17.0. The minimum Gasteiger partial charge on any atom is -0.493 e. The largest absolute Gasteiger partial charge is 0.493 e. The Morgan fingerprint density at radius 3 is 2.80 bits per heavy atom. The Morgan fingerprint density at radius 1 is 1.17 bits per heavy atom. The molecule has 154 valence electrons. The number of hydrogen-bond donors (Lipinski definition) is 2. The molecular weight excluding hydrogens is 384 g/mol. The van der Waals surface area contributed by atoms with Crippen molar-refractivity contribution in [2.24, 2.45) is 0 Å². The van der Waals surface area contributed by atoms with E-state index in [1.165, 1.54) is 6.33 Å². The number of hydrogen-bond acceptors (Lipinski definition) is 7. The second-order valence-electron chi connectivity index (χ2n) is 6.72. The highest BCUT2D eigenvalue weighted by Crippen LogP contribution is 2.28. The van der Waals surface area contributed by atoms with E-state index in [9.17, 15) is 4.79 Å². The summed E-state index contributed by atoms with van der Waals surface area (Å²) in [6.07, 6.45) is 3.23. The summed E-state index contributed by atoms with van der Waals surface area (Å²) >= 11 is 0. The highest BCUT2D eigenvalue weighted by Gasteiger charge is 2.14. The van der Waals surface area contributed by atoms with Crippen LogP contribution < -0.4 is 15.4 Å². The number of para-hydroxylation sites is 1. The molecule has 1 aromatic carbocycles. The average molecular weight is 406 g/mol. The molecule has 0 saturated carbocycles. The average Bonchev–Trinajstić information content (AvgIpc) is 3.35. The first-order valence-corrected chi connectivity index (χ1v) is 9.48. The smallest absolute Gasteiger partial charge is 0.287 e. The number of rotatable bonds is 7. The number of amides is 1. The van der Waals surface area contributed by atoms with Crippen molar-refractivity contribution in [1.82, 2.24) is 24.8 Å². The molecule has 0 radical (unpaired) electrons. The number of imidazole rings is 1. The monoisotopic (exact) mass is 406 g/mol. The topological polar surface area (TPSA) is 107 Å². The lowest BCUT2D eigenvalue weighted by atomic mass is 10.2. The van der Waals surface area contributed by atoms with E-state index in [4.69, 9.17) is 9.15 Å². The minimum absolute atomic E-state index is 0.241. The van der Waals surface area contributed by atoms with Gasteiger partial charge in [0.25, 0.3) is 5.91 Å². The van der Waals surface area contributed by atoms with Gasteiger partial charge in [-0.3, -0.25) is 9.36 Å². The maximum Gasteiger partial charge on any atom is 0.287 e. The third-order valence-electron chi connectivity index (χ3n) is 4.82. The van der Waals surface area contributed by atoms with E-state index in [1.54, 1.807) is 25.6 Å². The van der Waals surface area contributed by atoms with E-state index < -0.39 is 0 Å². The van der Waals surface area contributed by atoms with Crippen molar-refractivity contribution in [2.75, 3.05) is 25.5 Å². The van der Waals surface area contributed by atoms with Crippen molar-refractivity contribution in [3.8, 4) is 11.6 Å². The van der Waals surface area contributed by atoms with E-state index in [2.05, 4.69) is 25.6 Å². The summed E-state index contributed by atoms with van der Waals surface area (Å²) in [4.78, 5) is 25.2. The van der Waals surface area contributed by atoms with E-state index in [0.717, 1.165) is 22.6 Å². The molecule has 2 N–H and O–H groups in total. The molecule has 9 heteroatoms. The number of ether oxygens (including phenoxy) is 1. The van der Waals surface area contributed by atoms with Crippen molar-refractivity contribution in [3.63, 3.8) is 0 Å². The van der Waals surface area contributed by atoms with Crippen LogP contribution in [0.4, 0.5) is 5.82 Å². The maximum atomic E-state index is 12.4. The molecule has 0 aliphatic heterocycles. The molecule has 30 heavy (non-hydrogen) atoms. The Labute approximate surface area is 173 Å². The normalized spacial score (nSPS) is 10.9. The molecule has 4 aromatic rings. The number of carbonyl (C=O) groups is 1. The van der Waals surface area contributed by atoms with Crippen LogP contribution in [0.3, 0.4) is 0 Å². The molecule has 1 amide bonds. The predicted molar refractivity (Wildman–Crippen MR) is 112 cm³/mol. The van der Waals surface area contributed by atoms with E-state index >= 15 is 0 Å². The lowest BCUT2D eigenvalue weighted by Crippen LogP contribution is -2.28. The highest BCUT2D eigenvalue weighted by atomic mass is 16.5. The number of nitrogens with one attached hydrogen (secondary N) is 2. The molecule has 0 saturated heterocycles. The Balaban J connectivity index is 1.35. The van der Waals surface area contributed by atoms with Crippen molar-refractivity contribution < 1.29 is 13.9 Å².